The molecule has 1 aromatic rings. The summed E-state index contributed by atoms with van der Waals surface area (Å²) in [5.74, 6) is -1.73. The molecule has 1 aromatic carbocycles. The molecule has 0 fully saturated rings. The van der Waals surface area contributed by atoms with E-state index in [1.54, 1.807) is 0 Å². The summed E-state index contributed by atoms with van der Waals surface area (Å²) in [6.07, 6.45) is 8.32. The monoisotopic (exact) mass is 396 g/mol. The molecule has 0 amide bonds. The van der Waals surface area contributed by atoms with Gasteiger partial charge in [0.2, 0.25) is 5.82 Å². The Hall–Kier alpha value is -0.390. The maximum absolute atomic E-state index is 13.3. The van der Waals surface area contributed by atoms with E-state index in [4.69, 9.17) is 4.74 Å². The zero-order chi connectivity index (χ0) is 14.8. The minimum absolute atomic E-state index is 0.0120. The molecule has 0 aliphatic rings. The molecule has 1 unspecified atom stereocenters. The Balaban J connectivity index is 2.13. The van der Waals surface area contributed by atoms with Crippen LogP contribution >= 0.6 is 22.6 Å². The quantitative estimate of drug-likeness (QED) is 0.272. The summed E-state index contributed by atoms with van der Waals surface area (Å²) < 4.78 is 32.2. The first kappa shape index (κ1) is 17.7. The van der Waals surface area contributed by atoms with Crippen molar-refractivity contribution >= 4 is 22.6 Å². The maximum atomic E-state index is 13.3. The summed E-state index contributed by atoms with van der Waals surface area (Å²) in [4.78, 5) is 0. The summed E-state index contributed by atoms with van der Waals surface area (Å²) in [6.45, 7) is 2.65. The molecule has 1 nitrogen and oxygen atoms in total. The van der Waals surface area contributed by atoms with E-state index in [-0.39, 0.29) is 5.75 Å². The third-order valence-corrected chi connectivity index (χ3v) is 4.45. The van der Waals surface area contributed by atoms with Crippen LogP contribution in [0, 0.1) is 11.6 Å². The van der Waals surface area contributed by atoms with Crippen molar-refractivity contribution in [3.63, 3.8) is 0 Å². The van der Waals surface area contributed by atoms with Crippen LogP contribution in [0.4, 0.5) is 8.78 Å². The van der Waals surface area contributed by atoms with Gasteiger partial charge in [0.15, 0.2) is 11.6 Å². The second-order valence-electron chi connectivity index (χ2n) is 4.99. The molecular weight excluding hydrogens is 373 g/mol. The van der Waals surface area contributed by atoms with E-state index in [1.807, 2.05) is 0 Å². The fourth-order valence-corrected chi connectivity index (χ4v) is 2.90. The van der Waals surface area contributed by atoms with Gasteiger partial charge in [0, 0.05) is 3.92 Å². The molecule has 0 bridgehead atoms. The predicted molar refractivity (Wildman–Crippen MR) is 87.7 cm³/mol. The highest BCUT2D eigenvalue weighted by molar-refractivity contribution is 14.1. The summed E-state index contributed by atoms with van der Waals surface area (Å²) in [6, 6.07) is 4.02. The lowest BCUT2D eigenvalue weighted by atomic mass is 10.1. The number of hydrogen-bond acceptors (Lipinski definition) is 1. The fraction of sp³-hybridized carbons (Fsp3) is 0.625. The number of ether oxygens (including phenoxy) is 1. The van der Waals surface area contributed by atoms with Gasteiger partial charge in [-0.1, -0.05) is 61.3 Å². The van der Waals surface area contributed by atoms with Gasteiger partial charge in [-0.2, -0.15) is 4.39 Å². The molecule has 0 aromatic heterocycles. The Morgan fingerprint density at radius 2 is 1.85 bits per heavy atom. The Labute approximate surface area is 134 Å². The molecule has 0 spiro atoms. The first-order valence-corrected chi connectivity index (χ1v) is 8.60. The van der Waals surface area contributed by atoms with Crippen molar-refractivity contribution in [1.29, 1.82) is 0 Å². The highest BCUT2D eigenvalue weighted by Gasteiger charge is 2.09. The van der Waals surface area contributed by atoms with E-state index < -0.39 is 11.6 Å². The third kappa shape index (κ3) is 6.86. The third-order valence-electron chi connectivity index (χ3n) is 3.21. The van der Waals surface area contributed by atoms with Crippen molar-refractivity contribution in [3.05, 3.63) is 29.8 Å². The van der Waals surface area contributed by atoms with Crippen LogP contribution in [0.2, 0.25) is 0 Å². The molecule has 0 aliphatic carbocycles. The standard InChI is InChI=1S/C16H23F2IO/c1-2-3-4-5-8-13(19)9-7-12-20-15-11-6-10-14(17)16(15)18/h6,10-11,13H,2-5,7-9,12H2,1H3. The fourth-order valence-electron chi connectivity index (χ4n) is 2.02. The minimum atomic E-state index is -0.891. The van der Waals surface area contributed by atoms with E-state index >= 15 is 0 Å². The molecule has 4 heteroatoms. The van der Waals surface area contributed by atoms with Crippen molar-refractivity contribution < 1.29 is 13.5 Å². The number of alkyl halides is 1. The summed E-state index contributed by atoms with van der Waals surface area (Å²) in [5, 5.41) is 0. The zero-order valence-corrected chi connectivity index (χ0v) is 14.2. The normalized spacial score (nSPS) is 12.4. The van der Waals surface area contributed by atoms with Gasteiger partial charge in [0.1, 0.15) is 0 Å². The molecule has 0 heterocycles. The Kier molecular flexibility index (Phi) is 9.14. The molecule has 20 heavy (non-hydrogen) atoms. The van der Waals surface area contributed by atoms with Crippen LogP contribution in [0.5, 0.6) is 5.75 Å². The van der Waals surface area contributed by atoms with Gasteiger partial charge in [-0.05, 0) is 31.4 Å². The highest BCUT2D eigenvalue weighted by atomic mass is 127. The van der Waals surface area contributed by atoms with Crippen LogP contribution in [0.1, 0.15) is 51.9 Å². The van der Waals surface area contributed by atoms with E-state index in [0.29, 0.717) is 10.5 Å². The summed E-state index contributed by atoms with van der Waals surface area (Å²) in [7, 11) is 0. The van der Waals surface area contributed by atoms with Crippen molar-refractivity contribution in [3.8, 4) is 5.75 Å². The first-order chi connectivity index (χ1) is 9.65. The lowest BCUT2D eigenvalue weighted by Crippen LogP contribution is -2.04. The number of unbranched alkanes of at least 4 members (excludes halogenated alkanes) is 3. The second-order valence-corrected chi connectivity index (χ2v) is 6.75. The van der Waals surface area contributed by atoms with Gasteiger partial charge in [-0.15, -0.1) is 0 Å². The van der Waals surface area contributed by atoms with Crippen molar-refractivity contribution in [2.75, 3.05) is 6.61 Å². The Bertz CT molecular complexity index is 385. The van der Waals surface area contributed by atoms with Gasteiger partial charge in [0.05, 0.1) is 6.61 Å². The number of hydrogen-bond donors (Lipinski definition) is 0. The van der Waals surface area contributed by atoms with Crippen LogP contribution in [-0.2, 0) is 0 Å². The topological polar surface area (TPSA) is 9.23 Å². The lowest BCUT2D eigenvalue weighted by Gasteiger charge is -2.11. The smallest absolute Gasteiger partial charge is 0.200 e. The first-order valence-electron chi connectivity index (χ1n) is 7.36. The van der Waals surface area contributed by atoms with Crippen LogP contribution in [-0.4, -0.2) is 10.5 Å². The van der Waals surface area contributed by atoms with Gasteiger partial charge in [0.25, 0.3) is 0 Å². The average Bonchev–Trinajstić information content (AvgIpc) is 2.44. The van der Waals surface area contributed by atoms with Crippen molar-refractivity contribution in [2.24, 2.45) is 0 Å². The van der Waals surface area contributed by atoms with E-state index in [1.165, 1.54) is 44.2 Å². The van der Waals surface area contributed by atoms with Gasteiger partial charge < -0.3 is 4.74 Å². The van der Waals surface area contributed by atoms with Crippen LogP contribution in [0.3, 0.4) is 0 Å². The average molecular weight is 396 g/mol. The summed E-state index contributed by atoms with van der Waals surface area (Å²) >= 11 is 2.47. The zero-order valence-electron chi connectivity index (χ0n) is 12.0. The van der Waals surface area contributed by atoms with Crippen LogP contribution in [0.25, 0.3) is 0 Å². The molecule has 1 atom stereocenters. The molecule has 1 rings (SSSR count). The largest absolute Gasteiger partial charge is 0.490 e. The van der Waals surface area contributed by atoms with Crippen molar-refractivity contribution in [2.45, 2.75) is 55.8 Å². The van der Waals surface area contributed by atoms with Crippen LogP contribution < -0.4 is 4.74 Å². The van der Waals surface area contributed by atoms with Crippen molar-refractivity contribution in [1.82, 2.24) is 0 Å². The van der Waals surface area contributed by atoms with Gasteiger partial charge in [-0.25, -0.2) is 4.39 Å². The lowest BCUT2D eigenvalue weighted by molar-refractivity contribution is 0.286. The summed E-state index contributed by atoms with van der Waals surface area (Å²) in [5.41, 5.74) is 0. The Morgan fingerprint density at radius 3 is 2.60 bits per heavy atom. The predicted octanol–water partition coefficient (Wildman–Crippen LogP) is 5.90. The molecule has 0 saturated carbocycles. The van der Waals surface area contributed by atoms with Crippen LogP contribution in [0.15, 0.2) is 18.2 Å². The second kappa shape index (κ2) is 10.4. The van der Waals surface area contributed by atoms with Gasteiger partial charge >= 0.3 is 0 Å². The number of halogens is 3. The molecular formula is C16H23F2IO. The minimum Gasteiger partial charge on any atom is -0.490 e. The van der Waals surface area contributed by atoms with Gasteiger partial charge in [-0.3, -0.25) is 0 Å². The number of benzene rings is 1. The SMILES string of the molecule is CCCCCCC(I)CCCOc1cccc(F)c1F. The highest BCUT2D eigenvalue weighted by Crippen LogP contribution is 2.21. The van der Waals surface area contributed by atoms with E-state index in [2.05, 4.69) is 29.5 Å². The molecule has 0 aliphatic heterocycles. The molecule has 114 valence electrons. The maximum Gasteiger partial charge on any atom is 0.200 e. The molecule has 0 radical (unpaired) electrons. The molecule has 0 N–H and O–H groups in total. The number of rotatable bonds is 10. The molecule has 0 saturated heterocycles. The Morgan fingerprint density at radius 1 is 1.10 bits per heavy atom. The van der Waals surface area contributed by atoms with E-state index in [9.17, 15) is 8.78 Å². The van der Waals surface area contributed by atoms with E-state index in [0.717, 1.165) is 18.9 Å².